The van der Waals surface area contributed by atoms with Crippen LogP contribution in [0.1, 0.15) is 19.8 Å². The number of benzene rings is 1. The Morgan fingerprint density at radius 2 is 2.06 bits per heavy atom. The number of hydrogen-bond donors (Lipinski definition) is 2. The van der Waals surface area contributed by atoms with Crippen LogP contribution in [-0.4, -0.2) is 16.2 Å². The molecule has 1 rings (SSSR count). The van der Waals surface area contributed by atoms with E-state index in [1.165, 1.54) is 0 Å². The molecule has 16 heavy (non-hydrogen) atoms. The summed E-state index contributed by atoms with van der Waals surface area (Å²) in [6.07, 6.45) is 1.42. The van der Waals surface area contributed by atoms with E-state index in [9.17, 15) is 9.00 Å². The molecule has 0 aromatic heterocycles. The molecule has 5 heteroatoms. The van der Waals surface area contributed by atoms with Gasteiger partial charge in [-0.05, 0) is 18.6 Å². The van der Waals surface area contributed by atoms with Crippen molar-refractivity contribution >= 4 is 16.9 Å². The summed E-state index contributed by atoms with van der Waals surface area (Å²) in [6.45, 7) is 1.95. The molecule has 0 aliphatic heterocycles. The quantitative estimate of drug-likeness (QED) is 0.805. The van der Waals surface area contributed by atoms with Crippen molar-refractivity contribution in [2.45, 2.75) is 30.7 Å². The minimum absolute atomic E-state index is 0.371. The Balaban J connectivity index is 2.55. The zero-order valence-corrected chi connectivity index (χ0v) is 10.00. The Morgan fingerprint density at radius 3 is 2.62 bits per heavy atom. The third-order valence-corrected chi connectivity index (χ3v) is 3.17. The van der Waals surface area contributed by atoms with Crippen molar-refractivity contribution < 1.29 is 9.00 Å². The largest absolute Gasteiger partial charge is 0.320 e. The highest BCUT2D eigenvalue weighted by atomic mass is 32.2. The van der Waals surface area contributed by atoms with Gasteiger partial charge in [0.05, 0.1) is 10.9 Å². The second-order valence-corrected chi connectivity index (χ2v) is 4.66. The summed E-state index contributed by atoms with van der Waals surface area (Å²) in [5, 5.41) is 0. The van der Waals surface area contributed by atoms with Gasteiger partial charge in [-0.2, -0.15) is 0 Å². The lowest BCUT2D eigenvalue weighted by Gasteiger charge is -2.10. The predicted octanol–water partition coefficient (Wildman–Crippen LogP) is 0.953. The van der Waals surface area contributed by atoms with Crippen LogP contribution in [0.5, 0.6) is 0 Å². The van der Waals surface area contributed by atoms with Crippen molar-refractivity contribution in [1.29, 1.82) is 0 Å². The molecule has 0 aliphatic carbocycles. The van der Waals surface area contributed by atoms with E-state index in [1.807, 2.05) is 13.0 Å². The van der Waals surface area contributed by atoms with Crippen molar-refractivity contribution in [1.82, 2.24) is 4.72 Å². The Labute approximate surface area is 97.8 Å². The van der Waals surface area contributed by atoms with Gasteiger partial charge in [0.25, 0.3) is 0 Å². The van der Waals surface area contributed by atoms with Crippen LogP contribution in [0.3, 0.4) is 0 Å². The number of nitrogens with two attached hydrogens (primary N) is 1. The molecule has 0 saturated carbocycles. The summed E-state index contributed by atoms with van der Waals surface area (Å²) in [7, 11) is -1.52. The third kappa shape index (κ3) is 3.75. The summed E-state index contributed by atoms with van der Waals surface area (Å²) in [4.78, 5) is 12.1. The molecule has 0 spiro atoms. The highest BCUT2D eigenvalue weighted by molar-refractivity contribution is 7.83. The first-order valence-electron chi connectivity index (χ1n) is 5.18. The fraction of sp³-hybridized carbons (Fsp3) is 0.364. The first kappa shape index (κ1) is 12.9. The molecule has 0 aliphatic rings. The summed E-state index contributed by atoms with van der Waals surface area (Å²) in [5.41, 5.74) is 5.61. The molecule has 1 aromatic rings. The maximum Gasteiger partial charge on any atom is 0.248 e. The van der Waals surface area contributed by atoms with E-state index in [4.69, 9.17) is 5.73 Å². The molecule has 0 bridgehead atoms. The number of carbonyl (C=O) groups excluding carboxylic acids is 1. The van der Waals surface area contributed by atoms with Gasteiger partial charge in [-0.25, -0.2) is 4.21 Å². The molecular weight excluding hydrogens is 224 g/mol. The lowest BCUT2D eigenvalue weighted by Crippen LogP contribution is -2.41. The standard InChI is InChI=1S/C11H16N2O2S/c1-2-6-10(12)11(14)13-16(15)9-7-4-3-5-8-9/h3-5,7-8,10H,2,6,12H2,1H3,(H,13,14)/t10-,16?/m0/s1. The maximum atomic E-state index is 11.7. The lowest BCUT2D eigenvalue weighted by molar-refractivity contribution is -0.120. The van der Waals surface area contributed by atoms with Crippen molar-refractivity contribution in [2.24, 2.45) is 5.73 Å². The van der Waals surface area contributed by atoms with E-state index < -0.39 is 17.0 Å². The van der Waals surface area contributed by atoms with Gasteiger partial charge in [0.2, 0.25) is 5.91 Å². The van der Waals surface area contributed by atoms with Crippen molar-refractivity contribution in [3.63, 3.8) is 0 Å². The molecule has 0 saturated heterocycles. The van der Waals surface area contributed by atoms with Gasteiger partial charge in [-0.15, -0.1) is 0 Å². The van der Waals surface area contributed by atoms with Crippen LogP contribution in [-0.2, 0) is 15.8 Å². The van der Waals surface area contributed by atoms with Gasteiger partial charge in [0, 0.05) is 0 Å². The highest BCUT2D eigenvalue weighted by Crippen LogP contribution is 2.03. The summed E-state index contributed by atoms with van der Waals surface area (Å²) < 4.78 is 14.1. The lowest BCUT2D eigenvalue weighted by atomic mass is 10.2. The molecule has 3 N–H and O–H groups in total. The van der Waals surface area contributed by atoms with E-state index in [2.05, 4.69) is 4.72 Å². The molecule has 1 unspecified atom stereocenters. The first-order chi connectivity index (χ1) is 7.65. The topological polar surface area (TPSA) is 72.2 Å². The molecular formula is C11H16N2O2S. The average molecular weight is 240 g/mol. The minimum atomic E-state index is -1.52. The monoisotopic (exact) mass is 240 g/mol. The van der Waals surface area contributed by atoms with E-state index >= 15 is 0 Å². The van der Waals surface area contributed by atoms with Crippen LogP contribution < -0.4 is 10.5 Å². The summed E-state index contributed by atoms with van der Waals surface area (Å²) in [6, 6.07) is 8.17. The Bertz CT molecular complexity index is 368. The highest BCUT2D eigenvalue weighted by Gasteiger charge is 2.15. The van der Waals surface area contributed by atoms with Crippen molar-refractivity contribution in [3.05, 3.63) is 30.3 Å². The molecule has 0 heterocycles. The van der Waals surface area contributed by atoms with Gasteiger partial charge in [-0.3, -0.25) is 9.52 Å². The van der Waals surface area contributed by atoms with Crippen molar-refractivity contribution in [2.75, 3.05) is 0 Å². The zero-order chi connectivity index (χ0) is 12.0. The van der Waals surface area contributed by atoms with E-state index in [-0.39, 0.29) is 5.91 Å². The number of hydrogen-bond acceptors (Lipinski definition) is 3. The number of nitrogens with one attached hydrogen (secondary N) is 1. The van der Waals surface area contributed by atoms with Crippen molar-refractivity contribution in [3.8, 4) is 0 Å². The Kier molecular flexibility index (Phi) is 5.14. The fourth-order valence-corrected chi connectivity index (χ4v) is 2.07. The van der Waals surface area contributed by atoms with Gasteiger partial charge >= 0.3 is 0 Å². The van der Waals surface area contributed by atoms with Gasteiger partial charge in [0.1, 0.15) is 0 Å². The molecule has 1 aromatic carbocycles. The fourth-order valence-electron chi connectivity index (χ4n) is 1.21. The molecule has 2 atom stereocenters. The minimum Gasteiger partial charge on any atom is -0.320 e. The number of rotatable bonds is 5. The van der Waals surface area contributed by atoms with E-state index in [0.717, 1.165) is 6.42 Å². The Morgan fingerprint density at radius 1 is 1.44 bits per heavy atom. The van der Waals surface area contributed by atoms with Gasteiger partial charge in [0.15, 0.2) is 11.0 Å². The maximum absolute atomic E-state index is 11.7. The van der Waals surface area contributed by atoms with Gasteiger partial charge < -0.3 is 5.73 Å². The first-order valence-corrected chi connectivity index (χ1v) is 6.33. The summed E-state index contributed by atoms with van der Waals surface area (Å²) >= 11 is 0. The number of amides is 1. The number of carbonyl (C=O) groups is 1. The van der Waals surface area contributed by atoms with E-state index in [1.54, 1.807) is 24.3 Å². The van der Waals surface area contributed by atoms with Crippen LogP contribution >= 0.6 is 0 Å². The smallest absolute Gasteiger partial charge is 0.248 e. The molecule has 4 nitrogen and oxygen atoms in total. The molecule has 0 radical (unpaired) electrons. The third-order valence-electron chi connectivity index (χ3n) is 2.09. The molecule has 0 fully saturated rings. The molecule has 1 amide bonds. The normalized spacial score (nSPS) is 14.1. The summed E-state index contributed by atoms with van der Waals surface area (Å²) in [5.74, 6) is -0.371. The average Bonchev–Trinajstić information content (AvgIpc) is 2.30. The Hall–Kier alpha value is -1.20. The predicted molar refractivity (Wildman–Crippen MR) is 63.9 cm³/mol. The van der Waals surface area contributed by atoms with Crippen LogP contribution in [0.15, 0.2) is 35.2 Å². The van der Waals surface area contributed by atoms with E-state index in [0.29, 0.717) is 11.3 Å². The van der Waals surface area contributed by atoms with Crippen LogP contribution in [0.25, 0.3) is 0 Å². The second-order valence-electron chi connectivity index (χ2n) is 3.44. The van der Waals surface area contributed by atoms with Gasteiger partial charge in [-0.1, -0.05) is 31.5 Å². The van der Waals surface area contributed by atoms with Crippen LogP contribution in [0.2, 0.25) is 0 Å². The second kappa shape index (κ2) is 6.40. The SMILES string of the molecule is CCC[C@H](N)C(=O)NS(=O)c1ccccc1. The van der Waals surface area contributed by atoms with Crippen LogP contribution in [0, 0.1) is 0 Å². The zero-order valence-electron chi connectivity index (χ0n) is 9.18. The molecule has 88 valence electrons. The van der Waals surface area contributed by atoms with Crippen LogP contribution in [0.4, 0.5) is 0 Å².